The molecular formula is C18H25N3O2. The fourth-order valence-corrected chi connectivity index (χ4v) is 3.90. The van der Waals surface area contributed by atoms with E-state index < -0.39 is 0 Å². The Balaban J connectivity index is 1.71. The third-order valence-corrected chi connectivity index (χ3v) is 5.17. The second-order valence-electron chi connectivity index (χ2n) is 6.64. The van der Waals surface area contributed by atoms with E-state index in [0.717, 1.165) is 32.2 Å². The van der Waals surface area contributed by atoms with Gasteiger partial charge >= 0.3 is 0 Å². The summed E-state index contributed by atoms with van der Waals surface area (Å²) < 4.78 is 0. The number of rotatable bonds is 5. The molecule has 0 saturated carbocycles. The van der Waals surface area contributed by atoms with E-state index >= 15 is 0 Å². The maximum Gasteiger partial charge on any atom is 0.240 e. The number of carbonyl (C=O) groups excluding carboxylic acids is 2. The quantitative estimate of drug-likeness (QED) is 0.895. The fraction of sp³-hybridized carbons (Fsp3) is 0.556. The monoisotopic (exact) mass is 315 g/mol. The summed E-state index contributed by atoms with van der Waals surface area (Å²) in [5, 5.41) is 0. The Kier molecular flexibility index (Phi) is 4.66. The Morgan fingerprint density at radius 3 is 2.91 bits per heavy atom. The standard InChI is InChI=1S/C18H25N3O2/c1-20(11-10-17(19)22)16-9-12-21(18(16)23)15-8-4-6-13-5-2-3-7-14(13)15/h2-3,5,7,15-16H,4,6,8-12H2,1H3,(H2,19,22). The Hall–Kier alpha value is -1.88. The van der Waals surface area contributed by atoms with E-state index in [4.69, 9.17) is 5.73 Å². The zero-order valence-corrected chi connectivity index (χ0v) is 13.7. The lowest BCUT2D eigenvalue weighted by atomic mass is 9.87. The van der Waals surface area contributed by atoms with Gasteiger partial charge in [-0.3, -0.25) is 14.5 Å². The Bertz CT molecular complexity index is 602. The summed E-state index contributed by atoms with van der Waals surface area (Å²) >= 11 is 0. The SMILES string of the molecule is CN(CCC(N)=O)C1CCN(C2CCCc3ccccc32)C1=O. The third-order valence-electron chi connectivity index (χ3n) is 5.17. The van der Waals surface area contributed by atoms with Crippen LogP contribution in [0.5, 0.6) is 0 Å². The molecule has 0 aromatic heterocycles. The maximum atomic E-state index is 12.9. The van der Waals surface area contributed by atoms with Gasteiger partial charge in [0.1, 0.15) is 0 Å². The topological polar surface area (TPSA) is 66.6 Å². The summed E-state index contributed by atoms with van der Waals surface area (Å²) in [5.74, 6) is -0.126. The smallest absolute Gasteiger partial charge is 0.240 e. The van der Waals surface area contributed by atoms with Crippen LogP contribution >= 0.6 is 0 Å². The molecule has 2 unspecified atom stereocenters. The highest BCUT2D eigenvalue weighted by Gasteiger charge is 2.39. The largest absolute Gasteiger partial charge is 0.370 e. The first kappa shape index (κ1) is 16.0. The average molecular weight is 315 g/mol. The van der Waals surface area contributed by atoms with Crippen molar-refractivity contribution >= 4 is 11.8 Å². The number of likely N-dealkylation sites (tertiary alicyclic amines) is 1. The number of amides is 2. The van der Waals surface area contributed by atoms with Gasteiger partial charge in [-0.1, -0.05) is 24.3 Å². The number of benzene rings is 1. The molecule has 1 aliphatic carbocycles. The minimum absolute atomic E-state index is 0.122. The predicted octanol–water partition coefficient (Wildman–Crippen LogP) is 1.47. The van der Waals surface area contributed by atoms with E-state index in [-0.39, 0.29) is 23.9 Å². The van der Waals surface area contributed by atoms with Crippen molar-refractivity contribution in [3.63, 3.8) is 0 Å². The Morgan fingerprint density at radius 1 is 1.35 bits per heavy atom. The summed E-state index contributed by atoms with van der Waals surface area (Å²) in [6.45, 7) is 1.34. The molecule has 1 saturated heterocycles. The second kappa shape index (κ2) is 6.71. The van der Waals surface area contributed by atoms with Crippen LogP contribution in [-0.2, 0) is 16.0 Å². The van der Waals surface area contributed by atoms with Crippen molar-refractivity contribution in [1.82, 2.24) is 9.80 Å². The molecule has 0 radical (unpaired) electrons. The molecule has 2 N–H and O–H groups in total. The fourth-order valence-electron chi connectivity index (χ4n) is 3.90. The van der Waals surface area contributed by atoms with Gasteiger partial charge < -0.3 is 10.6 Å². The van der Waals surface area contributed by atoms with Crippen LogP contribution < -0.4 is 5.73 Å². The molecule has 23 heavy (non-hydrogen) atoms. The van der Waals surface area contributed by atoms with E-state index in [2.05, 4.69) is 24.3 Å². The number of primary amides is 1. The number of fused-ring (bicyclic) bond motifs is 1. The van der Waals surface area contributed by atoms with Crippen molar-refractivity contribution in [2.24, 2.45) is 5.73 Å². The lowest BCUT2D eigenvalue weighted by Gasteiger charge is -2.34. The Morgan fingerprint density at radius 2 is 2.13 bits per heavy atom. The summed E-state index contributed by atoms with van der Waals surface area (Å²) in [4.78, 5) is 27.8. The number of hydrogen-bond acceptors (Lipinski definition) is 3. The van der Waals surface area contributed by atoms with Crippen molar-refractivity contribution < 1.29 is 9.59 Å². The van der Waals surface area contributed by atoms with Crippen molar-refractivity contribution in [3.05, 3.63) is 35.4 Å². The summed E-state index contributed by atoms with van der Waals surface area (Å²) in [6, 6.07) is 8.57. The van der Waals surface area contributed by atoms with Gasteiger partial charge in [-0.2, -0.15) is 0 Å². The van der Waals surface area contributed by atoms with Gasteiger partial charge in [-0.25, -0.2) is 0 Å². The van der Waals surface area contributed by atoms with Crippen LogP contribution in [0.1, 0.15) is 42.9 Å². The van der Waals surface area contributed by atoms with E-state index in [0.29, 0.717) is 13.0 Å². The summed E-state index contributed by atoms with van der Waals surface area (Å²) in [5.41, 5.74) is 7.90. The van der Waals surface area contributed by atoms with Crippen LogP contribution in [0.3, 0.4) is 0 Å². The average Bonchev–Trinajstić information content (AvgIpc) is 2.93. The van der Waals surface area contributed by atoms with Crippen molar-refractivity contribution in [2.45, 2.75) is 44.2 Å². The van der Waals surface area contributed by atoms with Crippen LogP contribution in [0, 0.1) is 0 Å². The number of nitrogens with two attached hydrogens (primary N) is 1. The van der Waals surface area contributed by atoms with Gasteiger partial charge in [0.05, 0.1) is 12.1 Å². The number of nitrogens with zero attached hydrogens (tertiary/aromatic N) is 2. The summed E-state index contributed by atoms with van der Waals surface area (Å²) in [6.07, 6.45) is 4.41. The molecule has 1 heterocycles. The van der Waals surface area contributed by atoms with Gasteiger partial charge in [-0.15, -0.1) is 0 Å². The molecule has 2 atom stereocenters. The van der Waals surface area contributed by atoms with E-state index in [1.807, 2.05) is 16.8 Å². The van der Waals surface area contributed by atoms with Gasteiger partial charge in [0.25, 0.3) is 0 Å². The van der Waals surface area contributed by atoms with Crippen LogP contribution in [0.4, 0.5) is 0 Å². The normalized spacial score (nSPS) is 24.1. The lowest BCUT2D eigenvalue weighted by Crippen LogP contribution is -2.42. The molecule has 0 spiro atoms. The molecule has 1 aliphatic heterocycles. The van der Waals surface area contributed by atoms with Gasteiger partial charge in [0.2, 0.25) is 11.8 Å². The molecule has 2 amide bonds. The Labute approximate surface area is 137 Å². The highest BCUT2D eigenvalue weighted by atomic mass is 16.2. The number of carbonyl (C=O) groups is 2. The van der Waals surface area contributed by atoms with Gasteiger partial charge in [0.15, 0.2) is 0 Å². The van der Waals surface area contributed by atoms with E-state index in [1.165, 1.54) is 11.1 Å². The zero-order chi connectivity index (χ0) is 16.4. The molecular weight excluding hydrogens is 290 g/mol. The molecule has 2 aliphatic rings. The highest BCUT2D eigenvalue weighted by molar-refractivity contribution is 5.84. The molecule has 3 rings (SSSR count). The first-order valence-electron chi connectivity index (χ1n) is 8.44. The first-order chi connectivity index (χ1) is 11.1. The van der Waals surface area contributed by atoms with Gasteiger partial charge in [0, 0.05) is 19.5 Å². The van der Waals surface area contributed by atoms with Crippen LogP contribution in [-0.4, -0.2) is 47.8 Å². The van der Waals surface area contributed by atoms with Crippen LogP contribution in [0.2, 0.25) is 0 Å². The van der Waals surface area contributed by atoms with Crippen molar-refractivity contribution in [1.29, 1.82) is 0 Å². The zero-order valence-electron chi connectivity index (χ0n) is 13.7. The second-order valence-corrected chi connectivity index (χ2v) is 6.64. The first-order valence-corrected chi connectivity index (χ1v) is 8.44. The molecule has 1 fully saturated rings. The van der Waals surface area contributed by atoms with E-state index in [1.54, 1.807) is 0 Å². The lowest BCUT2D eigenvalue weighted by molar-refractivity contribution is -0.134. The van der Waals surface area contributed by atoms with Crippen molar-refractivity contribution in [3.8, 4) is 0 Å². The van der Waals surface area contributed by atoms with Gasteiger partial charge in [-0.05, 0) is 43.9 Å². The van der Waals surface area contributed by atoms with Crippen molar-refractivity contribution in [2.75, 3.05) is 20.1 Å². The van der Waals surface area contributed by atoms with E-state index in [9.17, 15) is 9.59 Å². The molecule has 5 heteroatoms. The number of likely N-dealkylation sites (N-methyl/N-ethyl adjacent to an activating group) is 1. The van der Waals surface area contributed by atoms with Crippen LogP contribution in [0.25, 0.3) is 0 Å². The molecule has 1 aromatic carbocycles. The number of hydrogen-bond donors (Lipinski definition) is 1. The third kappa shape index (κ3) is 3.24. The minimum atomic E-state index is -0.319. The molecule has 124 valence electrons. The molecule has 0 bridgehead atoms. The maximum absolute atomic E-state index is 12.9. The number of aryl methyl sites for hydroxylation is 1. The highest BCUT2D eigenvalue weighted by Crippen LogP contribution is 2.37. The van der Waals surface area contributed by atoms with Crippen LogP contribution in [0.15, 0.2) is 24.3 Å². The molecule has 5 nitrogen and oxygen atoms in total. The minimum Gasteiger partial charge on any atom is -0.370 e. The molecule has 1 aromatic rings. The summed E-state index contributed by atoms with van der Waals surface area (Å²) in [7, 11) is 1.91. The predicted molar refractivity (Wildman–Crippen MR) is 88.7 cm³/mol.